The molecule has 0 aliphatic heterocycles. The first kappa shape index (κ1) is 19.9. The Labute approximate surface area is 156 Å². The maximum atomic E-state index is 12.3. The fourth-order valence-corrected chi connectivity index (χ4v) is 2.42. The highest BCUT2D eigenvalue weighted by atomic mass is 16.1. The van der Waals surface area contributed by atoms with E-state index in [-0.39, 0.29) is 17.2 Å². The van der Waals surface area contributed by atoms with Gasteiger partial charge in [0.05, 0.1) is 0 Å². The van der Waals surface area contributed by atoms with Crippen LogP contribution in [-0.4, -0.2) is 42.8 Å². The fourth-order valence-electron chi connectivity index (χ4n) is 2.42. The zero-order valence-electron chi connectivity index (χ0n) is 16.3. The molecule has 0 saturated carbocycles. The third-order valence-electron chi connectivity index (χ3n) is 4.90. The average molecular weight is 352 g/mol. The van der Waals surface area contributed by atoms with E-state index in [4.69, 9.17) is 0 Å². The summed E-state index contributed by atoms with van der Waals surface area (Å²) in [4.78, 5) is 26.1. The van der Waals surface area contributed by atoms with E-state index in [1.807, 2.05) is 69.6 Å². The van der Waals surface area contributed by atoms with E-state index in [2.05, 4.69) is 24.1 Å². The van der Waals surface area contributed by atoms with E-state index in [1.54, 1.807) is 0 Å². The SMILES string of the molecule is CCC(=O)c1ccc(-c2ccc(C(=O)NCC(C)(C)N(C)C)cc2)cc1. The smallest absolute Gasteiger partial charge is 0.251 e. The summed E-state index contributed by atoms with van der Waals surface area (Å²) >= 11 is 0. The van der Waals surface area contributed by atoms with Crippen LogP contribution in [0.1, 0.15) is 47.9 Å². The number of carbonyl (C=O) groups is 2. The van der Waals surface area contributed by atoms with E-state index in [1.165, 1.54) is 0 Å². The molecule has 0 aliphatic carbocycles. The van der Waals surface area contributed by atoms with Crippen molar-refractivity contribution in [2.45, 2.75) is 32.7 Å². The van der Waals surface area contributed by atoms with Crippen molar-refractivity contribution in [3.05, 3.63) is 59.7 Å². The van der Waals surface area contributed by atoms with Gasteiger partial charge in [0.25, 0.3) is 5.91 Å². The number of benzene rings is 2. The molecule has 0 saturated heterocycles. The van der Waals surface area contributed by atoms with Gasteiger partial charge in [-0.3, -0.25) is 9.59 Å². The van der Waals surface area contributed by atoms with Gasteiger partial charge in [-0.2, -0.15) is 0 Å². The Balaban J connectivity index is 2.06. The van der Waals surface area contributed by atoms with Crippen molar-refractivity contribution in [3.8, 4) is 11.1 Å². The Morgan fingerprint density at radius 2 is 1.35 bits per heavy atom. The zero-order valence-corrected chi connectivity index (χ0v) is 16.3. The molecular weight excluding hydrogens is 324 g/mol. The maximum Gasteiger partial charge on any atom is 0.251 e. The molecule has 1 N–H and O–H groups in total. The quantitative estimate of drug-likeness (QED) is 0.766. The van der Waals surface area contributed by atoms with Crippen LogP contribution >= 0.6 is 0 Å². The number of rotatable bonds is 7. The number of ketones is 1. The highest BCUT2D eigenvalue weighted by Gasteiger charge is 2.21. The summed E-state index contributed by atoms with van der Waals surface area (Å²) in [5, 5.41) is 2.99. The summed E-state index contributed by atoms with van der Waals surface area (Å²) in [5.41, 5.74) is 3.31. The molecule has 138 valence electrons. The van der Waals surface area contributed by atoms with Crippen molar-refractivity contribution >= 4 is 11.7 Å². The van der Waals surface area contributed by atoms with Gasteiger partial charge in [-0.25, -0.2) is 0 Å². The first-order valence-corrected chi connectivity index (χ1v) is 8.94. The summed E-state index contributed by atoms with van der Waals surface area (Å²) in [6, 6.07) is 15.1. The van der Waals surface area contributed by atoms with Crippen molar-refractivity contribution in [1.29, 1.82) is 0 Å². The van der Waals surface area contributed by atoms with Crippen LogP contribution in [0.2, 0.25) is 0 Å². The van der Waals surface area contributed by atoms with Crippen molar-refractivity contribution in [2.75, 3.05) is 20.6 Å². The van der Waals surface area contributed by atoms with Gasteiger partial charge in [0.15, 0.2) is 5.78 Å². The van der Waals surface area contributed by atoms with Gasteiger partial charge in [0.1, 0.15) is 0 Å². The molecule has 0 radical (unpaired) electrons. The van der Waals surface area contributed by atoms with Gasteiger partial charge in [-0.15, -0.1) is 0 Å². The fraction of sp³-hybridized carbons (Fsp3) is 0.364. The van der Waals surface area contributed by atoms with Crippen LogP contribution in [-0.2, 0) is 0 Å². The Morgan fingerprint density at radius 3 is 1.77 bits per heavy atom. The van der Waals surface area contributed by atoms with E-state index in [0.717, 1.165) is 16.7 Å². The number of nitrogens with one attached hydrogen (secondary N) is 1. The van der Waals surface area contributed by atoms with Crippen LogP contribution in [0.4, 0.5) is 0 Å². The van der Waals surface area contributed by atoms with Crippen molar-refractivity contribution in [1.82, 2.24) is 10.2 Å². The molecule has 2 aromatic carbocycles. The second-order valence-electron chi connectivity index (χ2n) is 7.32. The van der Waals surface area contributed by atoms with Crippen molar-refractivity contribution in [3.63, 3.8) is 0 Å². The van der Waals surface area contributed by atoms with E-state index < -0.39 is 0 Å². The first-order chi connectivity index (χ1) is 12.2. The summed E-state index contributed by atoms with van der Waals surface area (Å²) in [6.45, 7) is 6.61. The summed E-state index contributed by atoms with van der Waals surface area (Å²) in [5.74, 6) is 0.0691. The molecule has 4 nitrogen and oxygen atoms in total. The molecule has 4 heteroatoms. The molecule has 0 aromatic heterocycles. The van der Waals surface area contributed by atoms with Gasteiger partial charge in [-0.05, 0) is 51.2 Å². The minimum Gasteiger partial charge on any atom is -0.350 e. The minimum absolute atomic E-state index is 0.0737. The molecule has 0 unspecified atom stereocenters. The lowest BCUT2D eigenvalue weighted by atomic mass is 10.0. The average Bonchev–Trinajstić information content (AvgIpc) is 2.65. The van der Waals surface area contributed by atoms with Crippen LogP contribution in [0, 0.1) is 0 Å². The van der Waals surface area contributed by atoms with Crippen LogP contribution in [0.25, 0.3) is 11.1 Å². The number of nitrogens with zero attached hydrogens (tertiary/aromatic N) is 1. The lowest BCUT2D eigenvalue weighted by Crippen LogP contribution is -2.48. The van der Waals surface area contributed by atoms with Crippen LogP contribution in [0.5, 0.6) is 0 Å². The lowest BCUT2D eigenvalue weighted by molar-refractivity contribution is 0.0919. The number of amides is 1. The van der Waals surface area contributed by atoms with Crippen molar-refractivity contribution in [2.24, 2.45) is 0 Å². The molecule has 0 spiro atoms. The molecule has 2 rings (SSSR count). The topological polar surface area (TPSA) is 49.4 Å². The standard InChI is InChI=1S/C22H28N2O2/c1-6-20(25)18-11-7-16(8-12-18)17-9-13-19(14-10-17)21(26)23-15-22(2,3)24(4)5/h7-14H,6,15H2,1-5H3,(H,23,26). The molecule has 0 fully saturated rings. The van der Waals surface area contributed by atoms with Gasteiger partial charge in [-0.1, -0.05) is 43.3 Å². The summed E-state index contributed by atoms with van der Waals surface area (Å²) < 4.78 is 0. The van der Waals surface area contributed by atoms with E-state index >= 15 is 0 Å². The van der Waals surface area contributed by atoms with E-state index in [0.29, 0.717) is 18.5 Å². The Hall–Kier alpha value is -2.46. The number of hydrogen-bond donors (Lipinski definition) is 1. The molecule has 0 heterocycles. The maximum absolute atomic E-state index is 12.3. The second-order valence-corrected chi connectivity index (χ2v) is 7.32. The van der Waals surface area contributed by atoms with Crippen molar-refractivity contribution < 1.29 is 9.59 Å². The highest BCUT2D eigenvalue weighted by molar-refractivity contribution is 5.96. The summed E-state index contributed by atoms with van der Waals surface area (Å²) in [6.07, 6.45) is 0.508. The van der Waals surface area contributed by atoms with Crippen LogP contribution in [0.3, 0.4) is 0 Å². The second kappa shape index (κ2) is 8.28. The lowest BCUT2D eigenvalue weighted by Gasteiger charge is -2.32. The van der Waals surface area contributed by atoms with Gasteiger partial charge in [0, 0.05) is 29.6 Å². The molecule has 0 bridgehead atoms. The monoisotopic (exact) mass is 352 g/mol. The van der Waals surface area contributed by atoms with Gasteiger partial charge in [0.2, 0.25) is 0 Å². The minimum atomic E-state index is -0.104. The normalized spacial score (nSPS) is 11.5. The Kier molecular flexibility index (Phi) is 6.32. The molecule has 1 amide bonds. The number of carbonyl (C=O) groups excluding carboxylic acids is 2. The highest BCUT2D eigenvalue weighted by Crippen LogP contribution is 2.21. The largest absolute Gasteiger partial charge is 0.350 e. The molecular formula is C22H28N2O2. The van der Waals surface area contributed by atoms with E-state index in [9.17, 15) is 9.59 Å². The molecule has 2 aromatic rings. The molecule has 0 aliphatic rings. The van der Waals surface area contributed by atoms with Gasteiger partial charge < -0.3 is 10.2 Å². The number of hydrogen-bond acceptors (Lipinski definition) is 3. The predicted molar refractivity (Wildman–Crippen MR) is 107 cm³/mol. The van der Waals surface area contributed by atoms with Gasteiger partial charge >= 0.3 is 0 Å². The third-order valence-corrected chi connectivity index (χ3v) is 4.90. The van der Waals surface area contributed by atoms with Crippen LogP contribution < -0.4 is 5.32 Å². The summed E-state index contributed by atoms with van der Waals surface area (Å²) in [7, 11) is 4.00. The first-order valence-electron chi connectivity index (χ1n) is 8.94. The number of Topliss-reactive ketones (excluding diaryl/α,β-unsaturated/α-hetero) is 1. The predicted octanol–water partition coefficient (Wildman–Crippen LogP) is 4.02. The molecule has 26 heavy (non-hydrogen) atoms. The Morgan fingerprint density at radius 1 is 0.885 bits per heavy atom. The number of likely N-dealkylation sites (N-methyl/N-ethyl adjacent to an activating group) is 1. The third kappa shape index (κ3) is 4.79. The van der Waals surface area contributed by atoms with Crippen LogP contribution in [0.15, 0.2) is 48.5 Å². The molecule has 0 atom stereocenters. The Bertz CT molecular complexity index is 760. The zero-order chi connectivity index (χ0) is 19.3.